The van der Waals surface area contributed by atoms with Crippen LogP contribution in [0.5, 0.6) is 0 Å². The number of aryl methyl sites for hydroxylation is 1. The molecule has 0 bridgehead atoms. The third-order valence-corrected chi connectivity index (χ3v) is 2.20. The van der Waals surface area contributed by atoms with Crippen LogP contribution in [-0.4, -0.2) is 9.97 Å². The van der Waals surface area contributed by atoms with Crippen LogP contribution in [0.1, 0.15) is 5.56 Å². The summed E-state index contributed by atoms with van der Waals surface area (Å²) in [6, 6.07) is 3.93. The van der Waals surface area contributed by atoms with Crippen molar-refractivity contribution in [3.63, 3.8) is 0 Å². The molecule has 1 aromatic carbocycles. The Kier molecular flexibility index (Phi) is 2.52. The van der Waals surface area contributed by atoms with E-state index in [-0.39, 0.29) is 11.5 Å². The lowest BCUT2D eigenvalue weighted by molar-refractivity contribution is 0.511. The van der Waals surface area contributed by atoms with E-state index < -0.39 is 11.6 Å². The third-order valence-electron chi connectivity index (χ3n) is 2.20. The Labute approximate surface area is 91.0 Å². The summed E-state index contributed by atoms with van der Waals surface area (Å²) < 4.78 is 26.6. The van der Waals surface area contributed by atoms with Gasteiger partial charge in [0.1, 0.15) is 0 Å². The number of nitrogen functional groups attached to an aromatic ring is 1. The minimum Gasteiger partial charge on any atom is -0.368 e. The van der Waals surface area contributed by atoms with Crippen LogP contribution >= 0.6 is 0 Å². The minimum absolute atomic E-state index is 0.0317. The number of nitrogens with two attached hydrogens (primary N) is 1. The van der Waals surface area contributed by atoms with Crippen molar-refractivity contribution in [1.29, 1.82) is 0 Å². The summed E-state index contributed by atoms with van der Waals surface area (Å²) in [7, 11) is 0. The van der Waals surface area contributed by atoms with Gasteiger partial charge in [0.15, 0.2) is 11.6 Å². The van der Waals surface area contributed by atoms with E-state index in [1.807, 2.05) is 0 Å². The molecule has 0 saturated heterocycles. The van der Waals surface area contributed by atoms with Crippen molar-refractivity contribution < 1.29 is 8.78 Å². The quantitative estimate of drug-likeness (QED) is 0.803. The molecule has 82 valence electrons. The summed E-state index contributed by atoms with van der Waals surface area (Å²) in [5.74, 6) is -1.80. The normalized spacial score (nSPS) is 10.4. The molecule has 16 heavy (non-hydrogen) atoms. The lowest BCUT2D eigenvalue weighted by Gasteiger charge is -2.06. The highest BCUT2D eigenvalue weighted by atomic mass is 19.2. The van der Waals surface area contributed by atoms with Crippen LogP contribution in [-0.2, 0) is 0 Å². The maximum atomic E-state index is 13.5. The molecular formula is C11H9F2N3. The zero-order valence-corrected chi connectivity index (χ0v) is 8.54. The van der Waals surface area contributed by atoms with E-state index in [0.29, 0.717) is 11.3 Å². The molecule has 0 fully saturated rings. The maximum absolute atomic E-state index is 13.5. The highest BCUT2D eigenvalue weighted by Gasteiger charge is 2.13. The molecule has 0 atom stereocenters. The Morgan fingerprint density at radius 1 is 1.25 bits per heavy atom. The molecule has 1 heterocycles. The van der Waals surface area contributed by atoms with Gasteiger partial charge < -0.3 is 5.73 Å². The van der Waals surface area contributed by atoms with Crippen molar-refractivity contribution in [1.82, 2.24) is 9.97 Å². The van der Waals surface area contributed by atoms with E-state index in [4.69, 9.17) is 5.73 Å². The molecule has 0 saturated carbocycles. The second kappa shape index (κ2) is 3.84. The third kappa shape index (κ3) is 1.71. The smallest absolute Gasteiger partial charge is 0.220 e. The number of nitrogens with zero attached hydrogens (tertiary/aromatic N) is 2. The minimum atomic E-state index is -0.927. The Morgan fingerprint density at radius 2 is 2.00 bits per heavy atom. The standard InChI is InChI=1S/C11H9F2N3/c1-6-5-15-11(14)16-10(6)7-3-2-4-8(12)9(7)13/h2-5H,1H3,(H2,14,15,16). The van der Waals surface area contributed by atoms with E-state index in [2.05, 4.69) is 9.97 Å². The van der Waals surface area contributed by atoms with E-state index in [9.17, 15) is 8.78 Å². The van der Waals surface area contributed by atoms with Crippen LogP contribution in [0.2, 0.25) is 0 Å². The number of hydrogen-bond donors (Lipinski definition) is 1. The number of hydrogen-bond acceptors (Lipinski definition) is 3. The van der Waals surface area contributed by atoms with Gasteiger partial charge in [-0.25, -0.2) is 18.7 Å². The summed E-state index contributed by atoms with van der Waals surface area (Å²) >= 11 is 0. The first-order chi connectivity index (χ1) is 7.59. The van der Waals surface area contributed by atoms with Gasteiger partial charge in [-0.05, 0) is 24.6 Å². The summed E-state index contributed by atoms with van der Waals surface area (Å²) in [5.41, 5.74) is 6.45. The first-order valence-electron chi connectivity index (χ1n) is 4.63. The number of anilines is 1. The van der Waals surface area contributed by atoms with Gasteiger partial charge in [-0.1, -0.05) is 6.07 Å². The lowest BCUT2D eigenvalue weighted by atomic mass is 10.1. The molecule has 0 aliphatic rings. The average molecular weight is 221 g/mol. The monoisotopic (exact) mass is 221 g/mol. The fourth-order valence-electron chi connectivity index (χ4n) is 1.42. The molecule has 0 aliphatic heterocycles. The maximum Gasteiger partial charge on any atom is 0.220 e. The number of benzene rings is 1. The molecule has 0 unspecified atom stereocenters. The number of halogens is 2. The molecule has 0 spiro atoms. The van der Waals surface area contributed by atoms with Gasteiger partial charge in [0.05, 0.1) is 5.69 Å². The summed E-state index contributed by atoms with van der Waals surface area (Å²) in [6.45, 7) is 1.71. The van der Waals surface area contributed by atoms with Crippen molar-refractivity contribution >= 4 is 5.95 Å². The first-order valence-corrected chi connectivity index (χ1v) is 4.63. The van der Waals surface area contributed by atoms with E-state index in [1.54, 1.807) is 6.92 Å². The van der Waals surface area contributed by atoms with Crippen molar-refractivity contribution in [3.8, 4) is 11.3 Å². The summed E-state index contributed by atoms with van der Waals surface area (Å²) in [4.78, 5) is 7.67. The lowest BCUT2D eigenvalue weighted by Crippen LogP contribution is -2.00. The topological polar surface area (TPSA) is 51.8 Å². The Balaban J connectivity index is 2.67. The largest absolute Gasteiger partial charge is 0.368 e. The van der Waals surface area contributed by atoms with Crippen molar-refractivity contribution in [3.05, 3.63) is 41.6 Å². The SMILES string of the molecule is Cc1cnc(N)nc1-c1cccc(F)c1F. The van der Waals surface area contributed by atoms with E-state index >= 15 is 0 Å². The van der Waals surface area contributed by atoms with Gasteiger partial charge in [0.25, 0.3) is 0 Å². The molecule has 1 aromatic heterocycles. The van der Waals surface area contributed by atoms with Crippen LogP contribution in [0.4, 0.5) is 14.7 Å². The first kappa shape index (κ1) is 10.5. The molecule has 2 rings (SSSR count). The van der Waals surface area contributed by atoms with E-state index in [1.165, 1.54) is 18.3 Å². The number of aromatic nitrogens is 2. The van der Waals surface area contributed by atoms with Crippen molar-refractivity contribution in [2.45, 2.75) is 6.92 Å². The molecular weight excluding hydrogens is 212 g/mol. The highest BCUT2D eigenvalue weighted by Crippen LogP contribution is 2.25. The fourth-order valence-corrected chi connectivity index (χ4v) is 1.42. The molecule has 5 heteroatoms. The zero-order valence-electron chi connectivity index (χ0n) is 8.54. The predicted molar refractivity (Wildman–Crippen MR) is 56.5 cm³/mol. The van der Waals surface area contributed by atoms with Gasteiger partial charge in [0.2, 0.25) is 5.95 Å². The van der Waals surface area contributed by atoms with Crippen LogP contribution in [0.25, 0.3) is 11.3 Å². The molecule has 3 nitrogen and oxygen atoms in total. The van der Waals surface area contributed by atoms with Crippen molar-refractivity contribution in [2.75, 3.05) is 5.73 Å². The molecule has 2 N–H and O–H groups in total. The summed E-state index contributed by atoms with van der Waals surface area (Å²) in [5, 5.41) is 0. The van der Waals surface area contributed by atoms with Gasteiger partial charge in [-0.2, -0.15) is 0 Å². The second-order valence-corrected chi connectivity index (χ2v) is 3.36. The predicted octanol–water partition coefficient (Wildman–Crippen LogP) is 2.31. The van der Waals surface area contributed by atoms with Crippen LogP contribution < -0.4 is 5.73 Å². The Hall–Kier alpha value is -2.04. The summed E-state index contributed by atoms with van der Waals surface area (Å²) in [6.07, 6.45) is 1.47. The number of rotatable bonds is 1. The van der Waals surface area contributed by atoms with Gasteiger partial charge >= 0.3 is 0 Å². The van der Waals surface area contributed by atoms with Gasteiger partial charge in [0, 0.05) is 11.8 Å². The highest BCUT2D eigenvalue weighted by molar-refractivity contribution is 5.64. The van der Waals surface area contributed by atoms with Gasteiger partial charge in [-0.3, -0.25) is 0 Å². The molecule has 0 aliphatic carbocycles. The van der Waals surface area contributed by atoms with Crippen LogP contribution in [0.3, 0.4) is 0 Å². The molecule has 2 aromatic rings. The Morgan fingerprint density at radius 3 is 2.75 bits per heavy atom. The second-order valence-electron chi connectivity index (χ2n) is 3.36. The molecule has 0 radical (unpaired) electrons. The van der Waals surface area contributed by atoms with E-state index in [0.717, 1.165) is 6.07 Å². The Bertz CT molecular complexity index is 541. The zero-order chi connectivity index (χ0) is 11.7. The fraction of sp³-hybridized carbons (Fsp3) is 0.0909. The van der Waals surface area contributed by atoms with Gasteiger partial charge in [-0.15, -0.1) is 0 Å². The molecule has 0 amide bonds. The van der Waals surface area contributed by atoms with Crippen molar-refractivity contribution in [2.24, 2.45) is 0 Å². The van der Waals surface area contributed by atoms with Crippen LogP contribution in [0.15, 0.2) is 24.4 Å². The average Bonchev–Trinajstić information content (AvgIpc) is 2.26. The van der Waals surface area contributed by atoms with Crippen LogP contribution in [0, 0.1) is 18.6 Å².